The van der Waals surface area contributed by atoms with Crippen molar-refractivity contribution in [1.82, 2.24) is 4.98 Å². The number of aromatic nitrogens is 1. The topological polar surface area (TPSA) is 39.2 Å². The SMILES string of the molecule is CC(C)(C)C(=O)OC(C#Cc1ccccn1)c1ccccc1. The highest BCUT2D eigenvalue weighted by Gasteiger charge is 2.26. The van der Waals surface area contributed by atoms with Gasteiger partial charge in [0.05, 0.1) is 5.41 Å². The Balaban J connectivity index is 2.27. The van der Waals surface area contributed by atoms with E-state index in [1.54, 1.807) is 6.20 Å². The molecule has 0 amide bonds. The first-order valence-electron chi connectivity index (χ1n) is 7.15. The number of hydrogen-bond donors (Lipinski definition) is 0. The molecule has 2 rings (SSSR count). The molecule has 0 aliphatic carbocycles. The Morgan fingerprint density at radius 1 is 1.09 bits per heavy atom. The minimum absolute atomic E-state index is 0.281. The first-order valence-corrected chi connectivity index (χ1v) is 7.15. The monoisotopic (exact) mass is 293 g/mol. The third kappa shape index (κ3) is 4.46. The molecule has 22 heavy (non-hydrogen) atoms. The molecule has 0 fully saturated rings. The van der Waals surface area contributed by atoms with E-state index in [0.29, 0.717) is 5.69 Å². The van der Waals surface area contributed by atoms with Gasteiger partial charge in [-0.05, 0) is 44.7 Å². The second-order valence-corrected chi connectivity index (χ2v) is 5.93. The van der Waals surface area contributed by atoms with Crippen molar-refractivity contribution in [3.8, 4) is 11.8 Å². The molecule has 0 N–H and O–H groups in total. The van der Waals surface area contributed by atoms with Crippen molar-refractivity contribution in [2.75, 3.05) is 0 Å². The largest absolute Gasteiger partial charge is 0.444 e. The average molecular weight is 293 g/mol. The molecule has 0 spiro atoms. The van der Waals surface area contributed by atoms with Crippen molar-refractivity contribution in [3.63, 3.8) is 0 Å². The lowest BCUT2D eigenvalue weighted by atomic mass is 9.97. The summed E-state index contributed by atoms with van der Waals surface area (Å²) in [4.78, 5) is 16.3. The molecule has 0 saturated heterocycles. The second-order valence-electron chi connectivity index (χ2n) is 5.93. The van der Waals surface area contributed by atoms with E-state index in [0.717, 1.165) is 5.56 Å². The normalized spacial score (nSPS) is 12.0. The molecule has 3 heteroatoms. The summed E-state index contributed by atoms with van der Waals surface area (Å²) in [7, 11) is 0. The van der Waals surface area contributed by atoms with Crippen LogP contribution < -0.4 is 0 Å². The molecule has 3 nitrogen and oxygen atoms in total. The third-order valence-electron chi connectivity index (χ3n) is 2.94. The number of benzene rings is 1. The van der Waals surface area contributed by atoms with Gasteiger partial charge in [-0.25, -0.2) is 4.98 Å². The molecule has 112 valence electrons. The molecular formula is C19H19NO2. The molecule has 0 radical (unpaired) electrons. The van der Waals surface area contributed by atoms with E-state index in [1.807, 2.05) is 69.3 Å². The second kappa shape index (κ2) is 6.91. The maximum atomic E-state index is 12.2. The van der Waals surface area contributed by atoms with Gasteiger partial charge >= 0.3 is 5.97 Å². The highest BCUT2D eigenvalue weighted by atomic mass is 16.5. The van der Waals surface area contributed by atoms with Crippen molar-refractivity contribution in [3.05, 3.63) is 66.0 Å². The van der Waals surface area contributed by atoms with Gasteiger partial charge in [0.2, 0.25) is 0 Å². The molecule has 1 atom stereocenters. The Labute approximate surface area is 131 Å². The van der Waals surface area contributed by atoms with E-state index in [4.69, 9.17) is 4.74 Å². The van der Waals surface area contributed by atoms with E-state index in [9.17, 15) is 4.79 Å². The zero-order valence-corrected chi connectivity index (χ0v) is 13.0. The fourth-order valence-corrected chi connectivity index (χ4v) is 1.67. The fourth-order valence-electron chi connectivity index (χ4n) is 1.67. The molecule has 1 unspecified atom stereocenters. The molecule has 0 aliphatic heterocycles. The number of carbonyl (C=O) groups is 1. The van der Waals surface area contributed by atoms with Crippen LogP contribution in [0.25, 0.3) is 0 Å². The van der Waals surface area contributed by atoms with Crippen molar-refractivity contribution in [2.45, 2.75) is 26.9 Å². The van der Waals surface area contributed by atoms with Gasteiger partial charge in [-0.2, -0.15) is 0 Å². The van der Waals surface area contributed by atoms with Gasteiger partial charge in [0.25, 0.3) is 0 Å². The Bertz CT molecular complexity index is 676. The van der Waals surface area contributed by atoms with Crippen LogP contribution in [-0.4, -0.2) is 11.0 Å². The fraction of sp³-hybridized carbons (Fsp3) is 0.263. The minimum atomic E-state index is -0.602. The van der Waals surface area contributed by atoms with E-state index < -0.39 is 11.5 Å². The van der Waals surface area contributed by atoms with Gasteiger partial charge in [0.1, 0.15) is 5.69 Å². The smallest absolute Gasteiger partial charge is 0.312 e. The van der Waals surface area contributed by atoms with Crippen LogP contribution in [-0.2, 0) is 9.53 Å². The average Bonchev–Trinajstić information content (AvgIpc) is 2.52. The number of carbonyl (C=O) groups excluding carboxylic acids is 1. The highest BCUT2D eigenvalue weighted by Crippen LogP contribution is 2.23. The lowest BCUT2D eigenvalue weighted by molar-refractivity contribution is -0.156. The summed E-state index contributed by atoms with van der Waals surface area (Å²) < 4.78 is 5.58. The highest BCUT2D eigenvalue weighted by molar-refractivity contribution is 5.76. The molecule has 0 bridgehead atoms. The summed E-state index contributed by atoms with van der Waals surface area (Å²) in [5.74, 6) is 5.68. The molecule has 1 aromatic carbocycles. The van der Waals surface area contributed by atoms with Crippen LogP contribution in [0.1, 0.15) is 38.1 Å². The summed E-state index contributed by atoms with van der Waals surface area (Å²) >= 11 is 0. The summed E-state index contributed by atoms with van der Waals surface area (Å²) in [6.45, 7) is 5.47. The lowest BCUT2D eigenvalue weighted by Gasteiger charge is -2.20. The molecule has 2 aromatic rings. The van der Waals surface area contributed by atoms with Crippen molar-refractivity contribution in [1.29, 1.82) is 0 Å². The number of hydrogen-bond acceptors (Lipinski definition) is 3. The van der Waals surface area contributed by atoms with Crippen LogP contribution in [0.2, 0.25) is 0 Å². The molecule has 1 heterocycles. The van der Waals surface area contributed by atoms with Gasteiger partial charge in [0, 0.05) is 11.8 Å². The van der Waals surface area contributed by atoms with Crippen LogP contribution in [0.4, 0.5) is 0 Å². The number of esters is 1. The Kier molecular flexibility index (Phi) is 4.95. The predicted molar refractivity (Wildman–Crippen MR) is 85.8 cm³/mol. The predicted octanol–water partition coefficient (Wildman–Crippen LogP) is 3.76. The molecule has 0 saturated carbocycles. The van der Waals surface area contributed by atoms with E-state index in [1.165, 1.54) is 0 Å². The molecule has 1 aromatic heterocycles. The van der Waals surface area contributed by atoms with Crippen molar-refractivity contribution < 1.29 is 9.53 Å². The molecule has 0 aliphatic rings. The van der Waals surface area contributed by atoms with Crippen molar-refractivity contribution >= 4 is 5.97 Å². The maximum Gasteiger partial charge on any atom is 0.312 e. The van der Waals surface area contributed by atoms with Crippen LogP contribution in [0.5, 0.6) is 0 Å². The van der Waals surface area contributed by atoms with Crippen molar-refractivity contribution in [2.24, 2.45) is 5.41 Å². The van der Waals surface area contributed by atoms with E-state index >= 15 is 0 Å². The first kappa shape index (κ1) is 15.8. The number of ether oxygens (including phenoxy) is 1. The van der Waals surface area contributed by atoms with Crippen LogP contribution >= 0.6 is 0 Å². The standard InChI is InChI=1S/C19H19NO2/c1-19(2,3)18(21)22-17(15-9-5-4-6-10-15)13-12-16-11-7-8-14-20-16/h4-11,14,17H,1-3H3. The number of nitrogens with zero attached hydrogens (tertiary/aromatic N) is 1. The number of pyridine rings is 1. The van der Waals surface area contributed by atoms with Gasteiger partial charge in [0.15, 0.2) is 6.10 Å². The van der Waals surface area contributed by atoms with Gasteiger partial charge < -0.3 is 4.74 Å². The Morgan fingerprint density at radius 3 is 2.36 bits per heavy atom. The van der Waals surface area contributed by atoms with Gasteiger partial charge in [-0.15, -0.1) is 0 Å². The maximum absolute atomic E-state index is 12.2. The number of rotatable bonds is 2. The minimum Gasteiger partial charge on any atom is -0.444 e. The Hall–Kier alpha value is -2.60. The summed E-state index contributed by atoms with van der Waals surface area (Å²) in [5, 5.41) is 0. The molecular weight excluding hydrogens is 274 g/mol. The first-order chi connectivity index (χ1) is 10.5. The summed E-state index contributed by atoms with van der Waals surface area (Å²) in [5.41, 5.74) is 0.929. The zero-order chi connectivity index (χ0) is 16.0. The van der Waals surface area contributed by atoms with Crippen LogP contribution in [0.3, 0.4) is 0 Å². The zero-order valence-electron chi connectivity index (χ0n) is 13.0. The quantitative estimate of drug-likeness (QED) is 0.625. The third-order valence-corrected chi connectivity index (χ3v) is 2.94. The van der Waals surface area contributed by atoms with Gasteiger partial charge in [-0.1, -0.05) is 36.4 Å². The van der Waals surface area contributed by atoms with Crippen LogP contribution in [0.15, 0.2) is 54.7 Å². The summed E-state index contributed by atoms with van der Waals surface area (Å²) in [6, 6.07) is 15.0. The van der Waals surface area contributed by atoms with E-state index in [-0.39, 0.29) is 5.97 Å². The van der Waals surface area contributed by atoms with E-state index in [2.05, 4.69) is 16.8 Å². The Morgan fingerprint density at radius 2 is 1.77 bits per heavy atom. The lowest BCUT2D eigenvalue weighted by Crippen LogP contribution is -2.24. The van der Waals surface area contributed by atoms with Gasteiger partial charge in [-0.3, -0.25) is 4.79 Å². The van der Waals surface area contributed by atoms with Crippen LogP contribution in [0, 0.1) is 17.3 Å². The summed E-state index contributed by atoms with van der Waals surface area (Å²) in [6.07, 6.45) is 1.08.